The first-order chi connectivity index (χ1) is 15.4. The Morgan fingerprint density at radius 3 is 2.69 bits per heavy atom. The maximum Gasteiger partial charge on any atom is 0.336 e. The van der Waals surface area contributed by atoms with Gasteiger partial charge in [0.15, 0.2) is 17.3 Å². The Hall–Kier alpha value is -3.29. The number of esters is 2. The molecule has 2 heterocycles. The first kappa shape index (κ1) is 21.9. The molecule has 1 aromatic carbocycles. The van der Waals surface area contributed by atoms with Gasteiger partial charge in [-0.1, -0.05) is 19.9 Å². The highest BCUT2D eigenvalue weighted by molar-refractivity contribution is 6.12. The first-order valence-electron chi connectivity index (χ1n) is 10.8. The SMILES string of the molecule is CCCOC(=O)C1=C(C)NC2=C(C(=O)[C@H](C(=O)OC)[C@@H](C)C2)[C@@H]1c1ccc2c(c1)OCO2. The molecule has 8 heteroatoms. The van der Waals surface area contributed by atoms with Crippen LogP contribution in [0.15, 0.2) is 40.7 Å². The van der Waals surface area contributed by atoms with Gasteiger partial charge in [0.1, 0.15) is 5.92 Å². The number of fused-ring (bicyclic) bond motifs is 1. The largest absolute Gasteiger partial charge is 0.468 e. The highest BCUT2D eigenvalue weighted by Gasteiger charge is 2.47. The second-order valence-electron chi connectivity index (χ2n) is 8.28. The maximum absolute atomic E-state index is 13.6. The molecule has 0 amide bonds. The van der Waals surface area contributed by atoms with Crippen LogP contribution < -0.4 is 14.8 Å². The summed E-state index contributed by atoms with van der Waals surface area (Å²) in [5, 5.41) is 3.25. The van der Waals surface area contributed by atoms with Crippen LogP contribution in [0.5, 0.6) is 11.5 Å². The lowest BCUT2D eigenvalue weighted by Gasteiger charge is -2.38. The third-order valence-electron chi connectivity index (χ3n) is 6.13. The van der Waals surface area contributed by atoms with E-state index in [0.717, 1.165) is 5.70 Å². The quantitative estimate of drug-likeness (QED) is 0.550. The molecule has 0 radical (unpaired) electrons. The summed E-state index contributed by atoms with van der Waals surface area (Å²) in [7, 11) is 1.28. The van der Waals surface area contributed by atoms with Gasteiger partial charge in [0.2, 0.25) is 6.79 Å². The van der Waals surface area contributed by atoms with E-state index < -0.39 is 23.8 Å². The molecule has 8 nitrogen and oxygen atoms in total. The molecule has 1 aliphatic carbocycles. The Labute approximate surface area is 186 Å². The van der Waals surface area contributed by atoms with E-state index in [4.69, 9.17) is 18.9 Å². The number of nitrogens with one attached hydrogen (secondary N) is 1. The van der Waals surface area contributed by atoms with Gasteiger partial charge < -0.3 is 24.3 Å². The number of hydrogen-bond donors (Lipinski definition) is 1. The Morgan fingerprint density at radius 2 is 1.97 bits per heavy atom. The standard InChI is InChI=1S/C24H27NO7/c1-5-8-30-24(28)19-13(3)25-15-9-12(2)18(23(27)29-4)22(26)21(15)20(19)14-6-7-16-17(10-14)32-11-31-16/h6-7,10,12,18,20,25H,5,8-9,11H2,1-4H3/t12-,18+,20+/m0/s1. The van der Waals surface area contributed by atoms with Crippen LogP contribution in [0, 0.1) is 11.8 Å². The van der Waals surface area contributed by atoms with E-state index >= 15 is 0 Å². The molecule has 2 aliphatic heterocycles. The fourth-order valence-electron chi connectivity index (χ4n) is 4.65. The van der Waals surface area contributed by atoms with Crippen molar-refractivity contribution in [3.8, 4) is 11.5 Å². The van der Waals surface area contributed by atoms with Gasteiger partial charge in [0.25, 0.3) is 0 Å². The third kappa shape index (κ3) is 3.63. The molecular formula is C24H27NO7. The van der Waals surface area contributed by atoms with Crippen LogP contribution in [0.2, 0.25) is 0 Å². The van der Waals surface area contributed by atoms with Crippen molar-refractivity contribution in [3.05, 3.63) is 46.3 Å². The van der Waals surface area contributed by atoms with Gasteiger partial charge in [-0.15, -0.1) is 0 Å². The van der Waals surface area contributed by atoms with Crippen LogP contribution >= 0.6 is 0 Å². The molecule has 0 saturated carbocycles. The topological polar surface area (TPSA) is 100 Å². The average Bonchev–Trinajstić information content (AvgIpc) is 3.24. The second kappa shape index (κ2) is 8.68. The van der Waals surface area contributed by atoms with Crippen LogP contribution in [-0.4, -0.2) is 38.2 Å². The van der Waals surface area contributed by atoms with E-state index in [9.17, 15) is 14.4 Å². The van der Waals surface area contributed by atoms with Gasteiger partial charge in [-0.2, -0.15) is 0 Å². The summed E-state index contributed by atoms with van der Waals surface area (Å²) < 4.78 is 21.3. The minimum Gasteiger partial charge on any atom is -0.468 e. The Kier molecular flexibility index (Phi) is 5.95. The summed E-state index contributed by atoms with van der Waals surface area (Å²) >= 11 is 0. The number of allylic oxidation sites excluding steroid dienone is 3. The van der Waals surface area contributed by atoms with Crippen LogP contribution in [0.1, 0.15) is 45.1 Å². The molecule has 3 atom stereocenters. The predicted octanol–water partition coefficient (Wildman–Crippen LogP) is 2.98. The minimum atomic E-state index is -0.927. The second-order valence-corrected chi connectivity index (χ2v) is 8.28. The van der Waals surface area contributed by atoms with Crippen molar-refractivity contribution >= 4 is 17.7 Å². The van der Waals surface area contributed by atoms with Gasteiger partial charge in [0.05, 0.1) is 19.3 Å². The smallest absolute Gasteiger partial charge is 0.336 e. The highest BCUT2D eigenvalue weighted by Crippen LogP contribution is 2.47. The summed E-state index contributed by atoms with van der Waals surface area (Å²) in [5.41, 5.74) is 2.78. The molecule has 32 heavy (non-hydrogen) atoms. The van der Waals surface area contributed by atoms with Crippen molar-refractivity contribution < 1.29 is 33.3 Å². The zero-order valence-corrected chi connectivity index (χ0v) is 18.7. The fraction of sp³-hybridized carbons (Fsp3) is 0.458. The van der Waals surface area contributed by atoms with Crippen LogP contribution in [0.3, 0.4) is 0 Å². The summed E-state index contributed by atoms with van der Waals surface area (Å²) in [6, 6.07) is 5.35. The number of benzene rings is 1. The van der Waals surface area contributed by atoms with E-state index in [0.29, 0.717) is 46.7 Å². The minimum absolute atomic E-state index is 0.111. The number of rotatable bonds is 5. The van der Waals surface area contributed by atoms with E-state index in [-0.39, 0.29) is 25.1 Å². The summed E-state index contributed by atoms with van der Waals surface area (Å²) in [4.78, 5) is 39.2. The van der Waals surface area contributed by atoms with Crippen molar-refractivity contribution in [1.82, 2.24) is 5.32 Å². The van der Waals surface area contributed by atoms with E-state index in [1.165, 1.54) is 7.11 Å². The molecule has 3 aliphatic rings. The zero-order valence-electron chi connectivity index (χ0n) is 18.7. The van der Waals surface area contributed by atoms with Gasteiger partial charge in [-0.05, 0) is 43.4 Å². The number of ether oxygens (including phenoxy) is 4. The van der Waals surface area contributed by atoms with Crippen molar-refractivity contribution in [2.24, 2.45) is 11.8 Å². The van der Waals surface area contributed by atoms with Gasteiger partial charge in [0, 0.05) is 22.9 Å². The molecule has 170 valence electrons. The van der Waals surface area contributed by atoms with Crippen molar-refractivity contribution in [2.45, 2.75) is 39.5 Å². The zero-order chi connectivity index (χ0) is 23.0. The van der Waals surface area contributed by atoms with Crippen molar-refractivity contribution in [1.29, 1.82) is 0 Å². The molecule has 4 rings (SSSR count). The maximum atomic E-state index is 13.6. The fourth-order valence-corrected chi connectivity index (χ4v) is 4.65. The number of hydrogen-bond acceptors (Lipinski definition) is 8. The number of carbonyl (C=O) groups is 3. The summed E-state index contributed by atoms with van der Waals surface area (Å²) in [6.07, 6.45) is 1.16. The molecular weight excluding hydrogens is 414 g/mol. The number of Topliss-reactive ketones (excluding diaryl/α,β-unsaturated/α-hetero) is 1. The summed E-state index contributed by atoms with van der Waals surface area (Å²) in [6.45, 7) is 5.94. The molecule has 0 aromatic heterocycles. The van der Waals surface area contributed by atoms with Crippen LogP contribution in [0.25, 0.3) is 0 Å². The van der Waals surface area contributed by atoms with Crippen molar-refractivity contribution in [3.63, 3.8) is 0 Å². The lowest BCUT2D eigenvalue weighted by molar-refractivity contribution is -0.151. The Balaban J connectivity index is 1.85. The third-order valence-corrected chi connectivity index (χ3v) is 6.13. The van der Waals surface area contributed by atoms with E-state index in [1.54, 1.807) is 19.1 Å². The van der Waals surface area contributed by atoms with Crippen LogP contribution in [-0.2, 0) is 23.9 Å². The van der Waals surface area contributed by atoms with E-state index in [1.807, 2.05) is 19.9 Å². The molecule has 0 bridgehead atoms. The molecule has 0 fully saturated rings. The van der Waals surface area contributed by atoms with Gasteiger partial charge in [-0.3, -0.25) is 9.59 Å². The first-order valence-corrected chi connectivity index (χ1v) is 10.8. The summed E-state index contributed by atoms with van der Waals surface area (Å²) in [5.74, 6) is -2.12. The van der Waals surface area contributed by atoms with Gasteiger partial charge >= 0.3 is 11.9 Å². The number of methoxy groups -OCH3 is 1. The molecule has 1 N–H and O–H groups in total. The highest BCUT2D eigenvalue weighted by atomic mass is 16.7. The Bertz CT molecular complexity index is 1040. The molecule has 0 unspecified atom stereocenters. The predicted molar refractivity (Wildman–Crippen MR) is 114 cm³/mol. The number of carbonyl (C=O) groups excluding carboxylic acids is 3. The molecule has 1 aromatic rings. The normalized spacial score (nSPS) is 24.1. The number of ketones is 1. The average molecular weight is 441 g/mol. The van der Waals surface area contributed by atoms with Crippen molar-refractivity contribution in [2.75, 3.05) is 20.5 Å². The lowest BCUT2D eigenvalue weighted by Crippen LogP contribution is -2.43. The number of dihydropyridines is 1. The van der Waals surface area contributed by atoms with Gasteiger partial charge in [-0.25, -0.2) is 4.79 Å². The monoisotopic (exact) mass is 441 g/mol. The Morgan fingerprint density at radius 1 is 1.22 bits per heavy atom. The molecule has 0 saturated heterocycles. The molecule has 0 spiro atoms. The van der Waals surface area contributed by atoms with E-state index in [2.05, 4.69) is 5.32 Å². The lowest BCUT2D eigenvalue weighted by atomic mass is 9.69. The van der Waals surface area contributed by atoms with Crippen LogP contribution in [0.4, 0.5) is 0 Å².